The number of thioether (sulfide) groups is 1. The van der Waals surface area contributed by atoms with Crippen LogP contribution >= 0.6 is 23.4 Å². The predicted molar refractivity (Wildman–Crippen MR) is 59.8 cm³/mol. The van der Waals surface area contributed by atoms with E-state index in [-0.39, 0.29) is 10.8 Å². The molecule has 4 heteroatoms. The van der Waals surface area contributed by atoms with Crippen molar-refractivity contribution in [2.45, 2.75) is 23.5 Å². The fourth-order valence-electron chi connectivity index (χ4n) is 1.45. The minimum Gasteiger partial charge on any atom is -0.384 e. The van der Waals surface area contributed by atoms with Gasteiger partial charge in [0.1, 0.15) is 5.82 Å². The molecule has 0 bridgehead atoms. The highest BCUT2D eigenvalue weighted by Gasteiger charge is 2.15. The molecule has 1 unspecified atom stereocenters. The SMILES string of the molecule is CC1CCNc2cc(F)c(Cl)cc2S1. The zero-order chi connectivity index (χ0) is 10.1. The fraction of sp³-hybridized carbons (Fsp3) is 0.400. The fourth-order valence-corrected chi connectivity index (χ4v) is 2.79. The first-order valence-electron chi connectivity index (χ1n) is 4.56. The number of nitrogens with one attached hydrogen (secondary N) is 1. The molecule has 0 amide bonds. The predicted octanol–water partition coefficient (Wildman–Crippen LogP) is 3.78. The molecule has 1 atom stereocenters. The van der Waals surface area contributed by atoms with Gasteiger partial charge in [-0.1, -0.05) is 18.5 Å². The second-order valence-electron chi connectivity index (χ2n) is 3.41. The van der Waals surface area contributed by atoms with Crippen LogP contribution in [0.3, 0.4) is 0 Å². The van der Waals surface area contributed by atoms with Crippen molar-refractivity contribution in [2.24, 2.45) is 0 Å². The summed E-state index contributed by atoms with van der Waals surface area (Å²) >= 11 is 7.47. The van der Waals surface area contributed by atoms with Crippen molar-refractivity contribution in [3.63, 3.8) is 0 Å². The van der Waals surface area contributed by atoms with Gasteiger partial charge >= 0.3 is 0 Å². The van der Waals surface area contributed by atoms with Crippen LogP contribution in [0, 0.1) is 5.82 Å². The summed E-state index contributed by atoms with van der Waals surface area (Å²) in [6.45, 7) is 3.06. The van der Waals surface area contributed by atoms with Crippen LogP contribution in [0.15, 0.2) is 17.0 Å². The Balaban J connectivity index is 2.41. The van der Waals surface area contributed by atoms with E-state index in [0.29, 0.717) is 5.25 Å². The van der Waals surface area contributed by atoms with E-state index >= 15 is 0 Å². The lowest BCUT2D eigenvalue weighted by Crippen LogP contribution is -2.03. The summed E-state index contributed by atoms with van der Waals surface area (Å²) in [6, 6.07) is 3.18. The van der Waals surface area contributed by atoms with Crippen LogP contribution in [-0.4, -0.2) is 11.8 Å². The minimum absolute atomic E-state index is 0.201. The van der Waals surface area contributed by atoms with Gasteiger partial charge in [0.15, 0.2) is 0 Å². The topological polar surface area (TPSA) is 12.0 Å². The van der Waals surface area contributed by atoms with Gasteiger partial charge in [0.05, 0.1) is 10.7 Å². The van der Waals surface area contributed by atoms with E-state index < -0.39 is 0 Å². The van der Waals surface area contributed by atoms with Crippen LogP contribution in [0.1, 0.15) is 13.3 Å². The molecular weight excluding hydrogens is 221 g/mol. The van der Waals surface area contributed by atoms with Gasteiger partial charge in [-0.15, -0.1) is 11.8 Å². The van der Waals surface area contributed by atoms with E-state index in [1.165, 1.54) is 6.07 Å². The lowest BCUT2D eigenvalue weighted by atomic mass is 10.3. The van der Waals surface area contributed by atoms with Gasteiger partial charge in [0, 0.05) is 16.7 Å². The highest BCUT2D eigenvalue weighted by atomic mass is 35.5. The van der Waals surface area contributed by atoms with Gasteiger partial charge in [-0.3, -0.25) is 0 Å². The molecule has 1 aromatic rings. The summed E-state index contributed by atoms with van der Waals surface area (Å²) in [4.78, 5) is 1.04. The van der Waals surface area contributed by atoms with Crippen LogP contribution in [0.25, 0.3) is 0 Å². The Hall–Kier alpha value is -0.410. The van der Waals surface area contributed by atoms with Crippen molar-refractivity contribution in [1.29, 1.82) is 0 Å². The Kier molecular flexibility index (Phi) is 2.88. The number of anilines is 1. The minimum atomic E-state index is -0.354. The molecule has 14 heavy (non-hydrogen) atoms. The molecule has 2 rings (SSSR count). The second kappa shape index (κ2) is 3.99. The van der Waals surface area contributed by atoms with Crippen molar-refractivity contribution in [2.75, 3.05) is 11.9 Å². The van der Waals surface area contributed by atoms with E-state index in [9.17, 15) is 4.39 Å². The Morgan fingerprint density at radius 3 is 3.14 bits per heavy atom. The largest absolute Gasteiger partial charge is 0.384 e. The zero-order valence-corrected chi connectivity index (χ0v) is 9.38. The molecule has 1 aliphatic rings. The summed E-state index contributed by atoms with van der Waals surface area (Å²) in [6.07, 6.45) is 1.08. The Labute approximate surface area is 92.0 Å². The van der Waals surface area contributed by atoms with Crippen LogP contribution in [-0.2, 0) is 0 Å². The molecule has 1 heterocycles. The van der Waals surface area contributed by atoms with Crippen molar-refractivity contribution < 1.29 is 4.39 Å². The molecular formula is C10H11ClFNS. The molecule has 0 saturated carbocycles. The maximum Gasteiger partial charge on any atom is 0.143 e. The van der Waals surface area contributed by atoms with Crippen molar-refractivity contribution in [3.8, 4) is 0 Å². The summed E-state index contributed by atoms with van der Waals surface area (Å²) < 4.78 is 13.2. The molecule has 0 saturated heterocycles. The van der Waals surface area contributed by atoms with Gasteiger partial charge in [-0.25, -0.2) is 4.39 Å². The summed E-state index contributed by atoms with van der Waals surface area (Å²) in [5.74, 6) is -0.354. The molecule has 1 nitrogen and oxygen atoms in total. The number of hydrogen-bond acceptors (Lipinski definition) is 2. The summed E-state index contributed by atoms with van der Waals surface area (Å²) in [5, 5.41) is 3.95. The quantitative estimate of drug-likeness (QED) is 0.730. The normalized spacial score (nSPS) is 20.9. The molecule has 1 aromatic carbocycles. The number of fused-ring (bicyclic) bond motifs is 1. The molecule has 76 valence electrons. The molecule has 1 aliphatic heterocycles. The van der Waals surface area contributed by atoms with Gasteiger partial charge in [-0.2, -0.15) is 0 Å². The molecule has 0 spiro atoms. The lowest BCUT2D eigenvalue weighted by Gasteiger charge is -2.08. The third-order valence-corrected chi connectivity index (χ3v) is 3.74. The van der Waals surface area contributed by atoms with Crippen LogP contribution < -0.4 is 5.32 Å². The molecule has 0 aromatic heterocycles. The summed E-state index contributed by atoms with van der Waals surface area (Å²) in [7, 11) is 0. The highest BCUT2D eigenvalue weighted by Crippen LogP contribution is 2.37. The van der Waals surface area contributed by atoms with Crippen molar-refractivity contribution in [3.05, 3.63) is 23.0 Å². The molecule has 0 radical (unpaired) electrons. The van der Waals surface area contributed by atoms with E-state index in [0.717, 1.165) is 23.5 Å². The molecule has 0 aliphatic carbocycles. The molecule has 1 N–H and O–H groups in total. The number of rotatable bonds is 0. The first-order valence-corrected chi connectivity index (χ1v) is 5.82. The maximum absolute atomic E-state index is 13.2. The number of halogens is 2. The van der Waals surface area contributed by atoms with Crippen LogP contribution in [0.4, 0.5) is 10.1 Å². The maximum atomic E-state index is 13.2. The third kappa shape index (κ3) is 1.98. The van der Waals surface area contributed by atoms with E-state index in [1.807, 2.05) is 0 Å². The number of benzene rings is 1. The monoisotopic (exact) mass is 231 g/mol. The smallest absolute Gasteiger partial charge is 0.143 e. The Morgan fingerprint density at radius 1 is 1.57 bits per heavy atom. The van der Waals surface area contributed by atoms with Gasteiger partial charge in [-0.05, 0) is 18.6 Å². The first-order chi connectivity index (χ1) is 6.66. The molecule has 0 fully saturated rings. The van der Waals surface area contributed by atoms with Crippen molar-refractivity contribution in [1.82, 2.24) is 0 Å². The van der Waals surface area contributed by atoms with Crippen LogP contribution in [0.5, 0.6) is 0 Å². The van der Waals surface area contributed by atoms with Crippen molar-refractivity contribution >= 4 is 29.1 Å². The summed E-state index contributed by atoms with van der Waals surface area (Å²) in [5.41, 5.74) is 0.862. The third-order valence-electron chi connectivity index (χ3n) is 2.22. The first kappa shape index (κ1) is 10.1. The average Bonchev–Trinajstić information content (AvgIpc) is 2.28. The van der Waals surface area contributed by atoms with Gasteiger partial charge in [0.2, 0.25) is 0 Å². The van der Waals surface area contributed by atoms with E-state index in [1.54, 1.807) is 17.8 Å². The Bertz CT molecular complexity index is 356. The lowest BCUT2D eigenvalue weighted by molar-refractivity contribution is 0.627. The Morgan fingerprint density at radius 2 is 2.36 bits per heavy atom. The van der Waals surface area contributed by atoms with Gasteiger partial charge < -0.3 is 5.32 Å². The standard InChI is InChI=1S/C10H11ClFNS/c1-6-2-3-13-9-5-8(12)7(11)4-10(9)14-6/h4-6,13H,2-3H2,1H3. The average molecular weight is 232 g/mol. The highest BCUT2D eigenvalue weighted by molar-refractivity contribution is 8.00. The zero-order valence-electron chi connectivity index (χ0n) is 7.81. The van der Waals surface area contributed by atoms with E-state index in [2.05, 4.69) is 12.2 Å². The van der Waals surface area contributed by atoms with Gasteiger partial charge in [0.25, 0.3) is 0 Å². The van der Waals surface area contributed by atoms with Crippen LogP contribution in [0.2, 0.25) is 5.02 Å². The number of hydrogen-bond donors (Lipinski definition) is 1. The second-order valence-corrected chi connectivity index (χ2v) is 5.29. The van der Waals surface area contributed by atoms with E-state index in [4.69, 9.17) is 11.6 Å².